The quantitative estimate of drug-likeness (QED) is 0.386. The van der Waals surface area contributed by atoms with Crippen molar-refractivity contribution in [2.45, 2.75) is 26.2 Å². The molecule has 2 aromatic carbocycles. The molecule has 1 aromatic heterocycles. The van der Waals surface area contributed by atoms with Gasteiger partial charge in [0.15, 0.2) is 0 Å². The van der Waals surface area contributed by atoms with E-state index in [-0.39, 0.29) is 11.3 Å². The number of amides is 1. The second kappa shape index (κ2) is 5.52. The molecular formula is C18H20N4O. The summed E-state index contributed by atoms with van der Waals surface area (Å²) in [5.74, 6) is 5.63. The summed E-state index contributed by atoms with van der Waals surface area (Å²) in [7, 11) is 0. The van der Waals surface area contributed by atoms with Gasteiger partial charge < -0.3 is 4.98 Å². The smallest absolute Gasteiger partial charge is 0.265 e. The molecule has 0 aliphatic carbocycles. The Bertz CT molecular complexity index is 857. The number of rotatable bonds is 2. The van der Waals surface area contributed by atoms with Gasteiger partial charge in [-0.3, -0.25) is 10.2 Å². The molecular weight excluding hydrogens is 288 g/mol. The number of nitrogen functional groups attached to an aromatic ring is 1. The number of hydrazine groups is 1. The Morgan fingerprint density at radius 1 is 1.13 bits per heavy atom. The van der Waals surface area contributed by atoms with E-state index in [9.17, 15) is 4.79 Å². The zero-order valence-corrected chi connectivity index (χ0v) is 13.5. The monoisotopic (exact) mass is 308 g/mol. The number of hydrogen-bond donors (Lipinski definition) is 3. The summed E-state index contributed by atoms with van der Waals surface area (Å²) in [6, 6.07) is 13.6. The highest BCUT2D eigenvalue weighted by atomic mass is 16.2. The van der Waals surface area contributed by atoms with E-state index in [1.807, 2.05) is 6.07 Å². The molecule has 0 aliphatic rings. The SMILES string of the molecule is CC(C)(C)c1ccc(-c2nc3ccc(C(=O)NN)cc3[nH]2)cc1. The van der Waals surface area contributed by atoms with Crippen molar-refractivity contribution in [3.63, 3.8) is 0 Å². The first-order valence-corrected chi connectivity index (χ1v) is 7.50. The van der Waals surface area contributed by atoms with Gasteiger partial charge in [0.2, 0.25) is 0 Å². The lowest BCUT2D eigenvalue weighted by atomic mass is 9.87. The normalized spacial score (nSPS) is 11.7. The summed E-state index contributed by atoms with van der Waals surface area (Å²) in [5.41, 5.74) is 6.66. The maximum Gasteiger partial charge on any atom is 0.265 e. The molecule has 0 saturated carbocycles. The Balaban J connectivity index is 1.98. The number of imidazole rings is 1. The van der Waals surface area contributed by atoms with Crippen LogP contribution < -0.4 is 11.3 Å². The van der Waals surface area contributed by atoms with Gasteiger partial charge in [-0.25, -0.2) is 10.8 Å². The highest BCUT2D eigenvalue weighted by Crippen LogP contribution is 2.26. The number of nitrogens with two attached hydrogens (primary N) is 1. The number of aromatic amines is 1. The van der Waals surface area contributed by atoms with Crippen molar-refractivity contribution in [2.24, 2.45) is 5.84 Å². The number of fused-ring (bicyclic) bond motifs is 1. The summed E-state index contributed by atoms with van der Waals surface area (Å²) in [5, 5.41) is 0. The fourth-order valence-corrected chi connectivity index (χ4v) is 2.50. The second-order valence-electron chi connectivity index (χ2n) is 6.62. The van der Waals surface area contributed by atoms with Crippen molar-refractivity contribution in [3.05, 3.63) is 53.6 Å². The van der Waals surface area contributed by atoms with E-state index in [0.717, 1.165) is 22.4 Å². The Labute approximate surface area is 134 Å². The number of carbonyl (C=O) groups excluding carboxylic acids is 1. The molecule has 23 heavy (non-hydrogen) atoms. The van der Waals surface area contributed by atoms with E-state index in [4.69, 9.17) is 5.84 Å². The molecule has 5 nitrogen and oxygen atoms in total. The molecule has 4 N–H and O–H groups in total. The first-order valence-electron chi connectivity index (χ1n) is 7.50. The molecule has 0 atom stereocenters. The fraction of sp³-hybridized carbons (Fsp3) is 0.222. The number of nitrogens with one attached hydrogen (secondary N) is 2. The van der Waals surface area contributed by atoms with Crippen LogP contribution >= 0.6 is 0 Å². The minimum Gasteiger partial charge on any atom is -0.338 e. The zero-order chi connectivity index (χ0) is 16.6. The lowest BCUT2D eigenvalue weighted by Crippen LogP contribution is -2.29. The molecule has 0 bridgehead atoms. The highest BCUT2D eigenvalue weighted by Gasteiger charge is 2.14. The number of aromatic nitrogens is 2. The van der Waals surface area contributed by atoms with Crippen LogP contribution in [0.5, 0.6) is 0 Å². The summed E-state index contributed by atoms with van der Waals surface area (Å²) in [6.45, 7) is 6.56. The van der Waals surface area contributed by atoms with Gasteiger partial charge in [-0.1, -0.05) is 45.0 Å². The predicted octanol–water partition coefficient (Wildman–Crippen LogP) is 3.13. The molecule has 118 valence electrons. The first kappa shape index (κ1) is 15.2. The summed E-state index contributed by atoms with van der Waals surface area (Å²) >= 11 is 0. The lowest BCUT2D eigenvalue weighted by molar-refractivity contribution is 0.0954. The molecule has 0 aliphatic heterocycles. The molecule has 0 spiro atoms. The Kier molecular flexibility index (Phi) is 3.66. The van der Waals surface area contributed by atoms with E-state index in [0.29, 0.717) is 5.56 Å². The van der Waals surface area contributed by atoms with Crippen molar-refractivity contribution >= 4 is 16.9 Å². The molecule has 1 amide bonds. The third-order valence-electron chi connectivity index (χ3n) is 3.90. The van der Waals surface area contributed by atoms with E-state index < -0.39 is 0 Å². The molecule has 0 saturated heterocycles. The van der Waals surface area contributed by atoms with Crippen molar-refractivity contribution in [1.29, 1.82) is 0 Å². The van der Waals surface area contributed by atoms with Crippen LogP contribution in [-0.4, -0.2) is 15.9 Å². The average Bonchev–Trinajstić information content (AvgIpc) is 2.96. The van der Waals surface area contributed by atoms with Gasteiger partial charge >= 0.3 is 0 Å². The third kappa shape index (κ3) is 2.96. The molecule has 5 heteroatoms. The van der Waals surface area contributed by atoms with Gasteiger partial charge in [0.25, 0.3) is 5.91 Å². The fourth-order valence-electron chi connectivity index (χ4n) is 2.50. The maximum atomic E-state index is 11.6. The molecule has 3 aromatic rings. The van der Waals surface area contributed by atoms with Crippen LogP contribution in [0.4, 0.5) is 0 Å². The van der Waals surface area contributed by atoms with Gasteiger partial charge in [-0.15, -0.1) is 0 Å². The Hall–Kier alpha value is -2.66. The molecule has 1 heterocycles. The number of carbonyl (C=O) groups is 1. The van der Waals surface area contributed by atoms with Gasteiger partial charge in [-0.2, -0.15) is 0 Å². The molecule has 3 rings (SSSR count). The van der Waals surface area contributed by atoms with Gasteiger partial charge in [0.1, 0.15) is 5.82 Å². The Morgan fingerprint density at radius 3 is 2.43 bits per heavy atom. The number of benzene rings is 2. The van der Waals surface area contributed by atoms with Gasteiger partial charge in [0.05, 0.1) is 11.0 Å². The number of hydrogen-bond acceptors (Lipinski definition) is 3. The first-order chi connectivity index (χ1) is 10.9. The second-order valence-corrected chi connectivity index (χ2v) is 6.62. The minimum absolute atomic E-state index is 0.122. The van der Waals surface area contributed by atoms with Crippen LogP contribution in [0.15, 0.2) is 42.5 Å². The van der Waals surface area contributed by atoms with Crippen molar-refractivity contribution in [2.75, 3.05) is 0 Å². The van der Waals surface area contributed by atoms with Crippen LogP contribution in [0.1, 0.15) is 36.7 Å². The third-order valence-corrected chi connectivity index (χ3v) is 3.90. The Morgan fingerprint density at radius 2 is 1.83 bits per heavy atom. The highest BCUT2D eigenvalue weighted by molar-refractivity contribution is 5.97. The van der Waals surface area contributed by atoms with Gasteiger partial charge in [-0.05, 0) is 29.2 Å². The summed E-state index contributed by atoms with van der Waals surface area (Å²) < 4.78 is 0. The van der Waals surface area contributed by atoms with E-state index >= 15 is 0 Å². The van der Waals surface area contributed by atoms with Gasteiger partial charge in [0, 0.05) is 11.1 Å². The largest absolute Gasteiger partial charge is 0.338 e. The van der Waals surface area contributed by atoms with Crippen LogP contribution in [-0.2, 0) is 5.41 Å². The maximum absolute atomic E-state index is 11.6. The minimum atomic E-state index is -0.322. The van der Waals surface area contributed by atoms with Crippen LogP contribution in [0.25, 0.3) is 22.4 Å². The van der Waals surface area contributed by atoms with E-state index in [1.165, 1.54) is 5.56 Å². The average molecular weight is 308 g/mol. The summed E-state index contributed by atoms with van der Waals surface area (Å²) in [4.78, 5) is 19.4. The van der Waals surface area contributed by atoms with E-state index in [2.05, 4.69) is 60.4 Å². The van der Waals surface area contributed by atoms with Crippen LogP contribution in [0.3, 0.4) is 0 Å². The molecule has 0 radical (unpaired) electrons. The van der Waals surface area contributed by atoms with Crippen molar-refractivity contribution in [3.8, 4) is 11.4 Å². The predicted molar refractivity (Wildman–Crippen MR) is 91.9 cm³/mol. The zero-order valence-electron chi connectivity index (χ0n) is 13.5. The molecule has 0 fully saturated rings. The topological polar surface area (TPSA) is 83.8 Å². The van der Waals surface area contributed by atoms with E-state index in [1.54, 1.807) is 12.1 Å². The number of nitrogens with zero attached hydrogens (tertiary/aromatic N) is 1. The van der Waals surface area contributed by atoms with Crippen molar-refractivity contribution < 1.29 is 4.79 Å². The summed E-state index contributed by atoms with van der Waals surface area (Å²) in [6.07, 6.45) is 0. The molecule has 0 unspecified atom stereocenters. The lowest BCUT2D eigenvalue weighted by Gasteiger charge is -2.18. The number of H-pyrrole nitrogens is 1. The standard InChI is InChI=1S/C18H20N4O/c1-18(2,3)13-7-4-11(5-8-13)16-20-14-9-6-12(17(23)22-19)10-15(14)21-16/h4-10H,19H2,1-3H3,(H,20,21)(H,22,23). The van der Waals surface area contributed by atoms with Crippen molar-refractivity contribution in [1.82, 2.24) is 15.4 Å². The van der Waals surface area contributed by atoms with Crippen LogP contribution in [0, 0.1) is 0 Å². The van der Waals surface area contributed by atoms with Crippen LogP contribution in [0.2, 0.25) is 0 Å².